The van der Waals surface area contributed by atoms with Gasteiger partial charge in [-0.05, 0) is 35.9 Å². The lowest BCUT2D eigenvalue weighted by Crippen LogP contribution is -2.08. The van der Waals surface area contributed by atoms with E-state index in [4.69, 9.17) is 4.42 Å². The summed E-state index contributed by atoms with van der Waals surface area (Å²) in [5.41, 5.74) is 3.44. The summed E-state index contributed by atoms with van der Waals surface area (Å²) < 4.78 is 5.47. The zero-order chi connectivity index (χ0) is 17.8. The predicted octanol–water partition coefficient (Wildman–Crippen LogP) is 5.15. The number of fused-ring (bicyclic) bond motifs is 1. The molecule has 4 heteroatoms. The Kier molecular flexibility index (Phi) is 4.31. The van der Waals surface area contributed by atoms with Crippen LogP contribution >= 0.6 is 0 Å². The van der Waals surface area contributed by atoms with Crippen LogP contribution in [0, 0.1) is 0 Å². The van der Waals surface area contributed by atoms with Crippen LogP contribution in [-0.2, 0) is 4.79 Å². The Balaban J connectivity index is 1.57. The number of anilines is 1. The molecule has 0 aliphatic carbocycles. The van der Waals surface area contributed by atoms with Crippen molar-refractivity contribution >= 4 is 28.6 Å². The van der Waals surface area contributed by atoms with E-state index in [9.17, 15) is 4.79 Å². The van der Waals surface area contributed by atoms with E-state index in [1.165, 1.54) is 6.08 Å². The molecule has 26 heavy (non-hydrogen) atoms. The molecule has 0 atom stereocenters. The van der Waals surface area contributed by atoms with Crippen LogP contribution in [0.1, 0.15) is 5.56 Å². The van der Waals surface area contributed by atoms with Gasteiger partial charge in [-0.1, -0.05) is 42.5 Å². The minimum Gasteiger partial charge on any atom is -0.464 e. The summed E-state index contributed by atoms with van der Waals surface area (Å²) in [5, 5.41) is 3.83. The molecule has 2 heterocycles. The minimum absolute atomic E-state index is 0.199. The van der Waals surface area contributed by atoms with Gasteiger partial charge in [-0.25, -0.2) is 0 Å². The fourth-order valence-corrected chi connectivity index (χ4v) is 2.84. The monoisotopic (exact) mass is 340 g/mol. The smallest absolute Gasteiger partial charge is 0.248 e. The lowest BCUT2D eigenvalue weighted by atomic mass is 10.0. The van der Waals surface area contributed by atoms with Crippen molar-refractivity contribution in [1.29, 1.82) is 0 Å². The third-order valence-corrected chi connectivity index (χ3v) is 4.07. The summed E-state index contributed by atoms with van der Waals surface area (Å²) in [7, 11) is 0. The highest BCUT2D eigenvalue weighted by Gasteiger charge is 2.06. The molecule has 1 N–H and O–H groups in total. The van der Waals surface area contributed by atoms with Crippen molar-refractivity contribution in [3.8, 4) is 11.3 Å². The van der Waals surface area contributed by atoms with Crippen LogP contribution in [0.4, 0.5) is 5.69 Å². The normalized spacial score (nSPS) is 11.1. The number of hydrogen-bond donors (Lipinski definition) is 1. The molecule has 0 saturated carbocycles. The number of carbonyl (C=O) groups is 1. The topological polar surface area (TPSA) is 55.1 Å². The van der Waals surface area contributed by atoms with Gasteiger partial charge in [0.2, 0.25) is 5.91 Å². The van der Waals surface area contributed by atoms with Gasteiger partial charge in [0.15, 0.2) is 0 Å². The molecular formula is C22H16N2O2. The number of rotatable bonds is 4. The fourth-order valence-electron chi connectivity index (χ4n) is 2.84. The number of hydrogen-bond acceptors (Lipinski definition) is 3. The Labute approximate surface area is 150 Å². The Morgan fingerprint density at radius 3 is 2.69 bits per heavy atom. The van der Waals surface area contributed by atoms with Crippen molar-refractivity contribution in [3.63, 3.8) is 0 Å². The zero-order valence-corrected chi connectivity index (χ0v) is 13.9. The molecule has 0 spiro atoms. The number of benzene rings is 2. The van der Waals surface area contributed by atoms with E-state index < -0.39 is 0 Å². The van der Waals surface area contributed by atoms with E-state index in [2.05, 4.69) is 10.3 Å². The highest BCUT2D eigenvalue weighted by molar-refractivity contribution is 6.07. The van der Waals surface area contributed by atoms with Gasteiger partial charge in [0.1, 0.15) is 5.76 Å². The van der Waals surface area contributed by atoms with Crippen LogP contribution in [0.25, 0.3) is 28.3 Å². The van der Waals surface area contributed by atoms with Crippen molar-refractivity contribution < 1.29 is 9.21 Å². The second-order valence-corrected chi connectivity index (χ2v) is 5.76. The van der Waals surface area contributed by atoms with Crippen molar-refractivity contribution in [1.82, 2.24) is 4.98 Å². The van der Waals surface area contributed by atoms with Crippen LogP contribution in [0.2, 0.25) is 0 Å². The highest BCUT2D eigenvalue weighted by atomic mass is 16.3. The Hall–Kier alpha value is -3.66. The number of amides is 1. The van der Waals surface area contributed by atoms with Crippen LogP contribution in [0.15, 0.2) is 89.7 Å². The average molecular weight is 340 g/mol. The first kappa shape index (κ1) is 15.8. The minimum atomic E-state index is -0.199. The Bertz CT molecular complexity index is 1080. The molecule has 0 fully saturated rings. The molecule has 4 nitrogen and oxygen atoms in total. The van der Waals surface area contributed by atoms with Crippen molar-refractivity contribution in [3.05, 3.63) is 90.8 Å². The summed E-state index contributed by atoms with van der Waals surface area (Å²) in [6.07, 6.45) is 6.64. The first-order valence-corrected chi connectivity index (χ1v) is 8.27. The maximum Gasteiger partial charge on any atom is 0.248 e. The maximum absolute atomic E-state index is 12.4. The molecule has 2 aromatic carbocycles. The van der Waals surface area contributed by atoms with Gasteiger partial charge >= 0.3 is 0 Å². The van der Waals surface area contributed by atoms with Crippen molar-refractivity contribution in [2.75, 3.05) is 5.32 Å². The summed E-state index contributed by atoms with van der Waals surface area (Å²) in [5.74, 6) is 0.571. The predicted molar refractivity (Wildman–Crippen MR) is 104 cm³/mol. The van der Waals surface area contributed by atoms with E-state index in [0.29, 0.717) is 0 Å². The number of pyridine rings is 1. The number of carbonyl (C=O) groups excluding carboxylic acids is 1. The van der Waals surface area contributed by atoms with Crippen LogP contribution in [-0.4, -0.2) is 10.9 Å². The van der Waals surface area contributed by atoms with Gasteiger partial charge in [-0.2, -0.15) is 0 Å². The van der Waals surface area contributed by atoms with E-state index >= 15 is 0 Å². The Morgan fingerprint density at radius 2 is 1.81 bits per heavy atom. The SMILES string of the molecule is O=C(C=Cc1ccccc1-c1ccco1)Nc1ccnc2ccccc12. The van der Waals surface area contributed by atoms with Crippen LogP contribution in [0.3, 0.4) is 0 Å². The molecule has 2 aromatic heterocycles. The Morgan fingerprint density at radius 1 is 0.962 bits per heavy atom. The lowest BCUT2D eigenvalue weighted by molar-refractivity contribution is -0.111. The number of nitrogens with one attached hydrogen (secondary N) is 1. The second kappa shape index (κ2) is 7.07. The largest absolute Gasteiger partial charge is 0.464 e. The van der Waals surface area contributed by atoms with E-state index in [1.54, 1.807) is 24.6 Å². The molecule has 1 amide bonds. The third kappa shape index (κ3) is 3.26. The fraction of sp³-hybridized carbons (Fsp3) is 0. The molecule has 0 bridgehead atoms. The maximum atomic E-state index is 12.4. The van der Waals surface area contributed by atoms with Crippen LogP contribution in [0.5, 0.6) is 0 Å². The summed E-state index contributed by atoms with van der Waals surface area (Å²) >= 11 is 0. The van der Waals surface area contributed by atoms with Crippen molar-refractivity contribution in [2.45, 2.75) is 0 Å². The third-order valence-electron chi connectivity index (χ3n) is 4.07. The molecular weight excluding hydrogens is 324 g/mol. The van der Waals surface area contributed by atoms with Crippen molar-refractivity contribution in [2.24, 2.45) is 0 Å². The van der Waals surface area contributed by atoms with E-state index in [-0.39, 0.29) is 5.91 Å². The number of furan rings is 1. The first-order chi connectivity index (χ1) is 12.8. The van der Waals surface area contributed by atoms with E-state index in [1.807, 2.05) is 60.7 Å². The standard InChI is InChI=1S/C22H16N2O2/c25-22(24-20-13-14-23-19-9-4-3-8-18(19)20)12-11-16-6-1-2-7-17(16)21-10-5-15-26-21/h1-15H,(H,23,24,25). The average Bonchev–Trinajstić information content (AvgIpc) is 3.21. The molecule has 0 saturated heterocycles. The first-order valence-electron chi connectivity index (χ1n) is 8.27. The summed E-state index contributed by atoms with van der Waals surface area (Å²) in [6, 6.07) is 21.0. The highest BCUT2D eigenvalue weighted by Crippen LogP contribution is 2.25. The second-order valence-electron chi connectivity index (χ2n) is 5.76. The van der Waals surface area contributed by atoms with Gasteiger partial charge in [0, 0.05) is 23.2 Å². The van der Waals surface area contributed by atoms with Gasteiger partial charge in [-0.3, -0.25) is 9.78 Å². The molecule has 0 aliphatic rings. The quantitative estimate of drug-likeness (QED) is 0.523. The lowest BCUT2D eigenvalue weighted by Gasteiger charge is -2.06. The van der Waals surface area contributed by atoms with Gasteiger partial charge < -0.3 is 9.73 Å². The number of nitrogens with zero attached hydrogens (tertiary/aromatic N) is 1. The molecule has 0 aliphatic heterocycles. The van der Waals surface area contributed by atoms with Gasteiger partial charge in [0.05, 0.1) is 17.5 Å². The molecule has 4 rings (SSSR count). The van der Waals surface area contributed by atoms with E-state index in [0.717, 1.165) is 33.5 Å². The van der Waals surface area contributed by atoms with Gasteiger partial charge in [-0.15, -0.1) is 0 Å². The van der Waals surface area contributed by atoms with Crippen LogP contribution < -0.4 is 5.32 Å². The number of aromatic nitrogens is 1. The number of para-hydroxylation sites is 1. The molecule has 4 aromatic rings. The molecule has 0 radical (unpaired) electrons. The summed E-state index contributed by atoms with van der Waals surface area (Å²) in [6.45, 7) is 0. The molecule has 0 unspecified atom stereocenters. The molecule has 126 valence electrons. The zero-order valence-electron chi connectivity index (χ0n) is 13.9. The summed E-state index contributed by atoms with van der Waals surface area (Å²) in [4.78, 5) is 16.7. The van der Waals surface area contributed by atoms with Gasteiger partial charge in [0.25, 0.3) is 0 Å².